The highest BCUT2D eigenvalue weighted by molar-refractivity contribution is 5.91. The maximum atomic E-state index is 11.5. The van der Waals surface area contributed by atoms with Gasteiger partial charge in [-0.05, 0) is 12.1 Å². The highest BCUT2D eigenvalue weighted by Gasteiger charge is 2.33. The predicted octanol–water partition coefficient (Wildman–Crippen LogP) is 1.54. The van der Waals surface area contributed by atoms with E-state index in [9.17, 15) is 4.79 Å². The number of anilines is 1. The van der Waals surface area contributed by atoms with Gasteiger partial charge in [-0.15, -0.1) is 0 Å². The molecular weight excluding hydrogens is 208 g/mol. The van der Waals surface area contributed by atoms with Gasteiger partial charge in [-0.3, -0.25) is 4.90 Å². The first-order valence-corrected chi connectivity index (χ1v) is 4.77. The van der Waals surface area contributed by atoms with Gasteiger partial charge in [-0.1, -0.05) is 12.1 Å². The Kier molecular flexibility index (Phi) is 2.64. The van der Waals surface area contributed by atoms with Gasteiger partial charge >= 0.3 is 6.09 Å². The normalized spacial score (nSPS) is 19.1. The summed E-state index contributed by atoms with van der Waals surface area (Å²) in [5, 5.41) is 8.69. The number of amides is 1. The van der Waals surface area contributed by atoms with Gasteiger partial charge < -0.3 is 9.47 Å². The summed E-state index contributed by atoms with van der Waals surface area (Å²) in [5.41, 5.74) is 0.618. The number of carbonyl (C=O) groups is 1. The van der Waals surface area contributed by atoms with Gasteiger partial charge in [0.05, 0.1) is 19.3 Å². The lowest BCUT2D eigenvalue weighted by Crippen LogP contribution is -2.24. The van der Waals surface area contributed by atoms with Crippen LogP contribution >= 0.6 is 0 Å². The number of nitriles is 1. The second-order valence-corrected chi connectivity index (χ2v) is 3.28. The summed E-state index contributed by atoms with van der Waals surface area (Å²) in [6.45, 7) is 0.232. The van der Waals surface area contributed by atoms with E-state index in [4.69, 9.17) is 14.7 Å². The van der Waals surface area contributed by atoms with Crippen molar-refractivity contribution in [2.24, 2.45) is 0 Å². The number of nitrogens with zero attached hydrogens (tertiary/aromatic N) is 2. The molecule has 0 spiro atoms. The molecule has 1 heterocycles. The third-order valence-electron chi connectivity index (χ3n) is 2.33. The van der Waals surface area contributed by atoms with Crippen molar-refractivity contribution < 1.29 is 14.3 Å². The molecule has 0 aromatic heterocycles. The summed E-state index contributed by atoms with van der Waals surface area (Å²) >= 11 is 0. The fourth-order valence-corrected chi connectivity index (χ4v) is 1.58. The molecule has 1 aromatic carbocycles. The van der Waals surface area contributed by atoms with Crippen molar-refractivity contribution in [3.63, 3.8) is 0 Å². The minimum Gasteiger partial charge on any atom is -0.495 e. The highest BCUT2D eigenvalue weighted by atomic mass is 16.6. The van der Waals surface area contributed by atoms with E-state index in [0.717, 1.165) is 0 Å². The maximum Gasteiger partial charge on any atom is 0.415 e. The van der Waals surface area contributed by atoms with Crippen molar-refractivity contribution in [1.29, 1.82) is 5.26 Å². The number of ether oxygens (including phenoxy) is 2. The lowest BCUT2D eigenvalue weighted by atomic mass is 10.2. The van der Waals surface area contributed by atoms with E-state index in [1.54, 1.807) is 18.2 Å². The molecule has 0 saturated carbocycles. The number of hydrogen-bond acceptors (Lipinski definition) is 4. The van der Waals surface area contributed by atoms with E-state index >= 15 is 0 Å². The second-order valence-electron chi connectivity index (χ2n) is 3.28. The zero-order valence-electron chi connectivity index (χ0n) is 8.71. The average Bonchev–Trinajstić information content (AvgIpc) is 2.70. The Bertz CT molecular complexity index is 453. The Morgan fingerprint density at radius 3 is 2.94 bits per heavy atom. The number of hydrogen-bond donors (Lipinski definition) is 0. The third kappa shape index (κ3) is 1.65. The van der Waals surface area contributed by atoms with Crippen LogP contribution in [-0.4, -0.2) is 25.9 Å². The van der Waals surface area contributed by atoms with Crippen molar-refractivity contribution in [3.8, 4) is 11.8 Å². The smallest absolute Gasteiger partial charge is 0.415 e. The van der Waals surface area contributed by atoms with Crippen LogP contribution in [0.5, 0.6) is 5.75 Å². The molecule has 16 heavy (non-hydrogen) atoms. The number of para-hydroxylation sites is 2. The molecule has 1 aliphatic rings. The molecule has 0 N–H and O–H groups in total. The first kappa shape index (κ1) is 10.3. The quantitative estimate of drug-likeness (QED) is 0.755. The molecule has 0 bridgehead atoms. The van der Waals surface area contributed by atoms with Crippen molar-refractivity contribution >= 4 is 11.8 Å². The number of rotatable bonds is 2. The molecule has 1 aromatic rings. The maximum absolute atomic E-state index is 11.5. The van der Waals surface area contributed by atoms with E-state index in [2.05, 4.69) is 0 Å². The molecule has 5 heteroatoms. The summed E-state index contributed by atoms with van der Waals surface area (Å²) in [7, 11) is 1.53. The Morgan fingerprint density at radius 2 is 2.31 bits per heavy atom. The topological polar surface area (TPSA) is 62.6 Å². The van der Waals surface area contributed by atoms with Gasteiger partial charge in [-0.25, -0.2) is 4.79 Å². The molecule has 0 aliphatic carbocycles. The zero-order chi connectivity index (χ0) is 11.5. The molecule has 1 atom stereocenters. The van der Waals surface area contributed by atoms with Crippen LogP contribution in [-0.2, 0) is 4.74 Å². The van der Waals surface area contributed by atoms with Crippen LogP contribution in [0.1, 0.15) is 0 Å². The average molecular weight is 218 g/mol. The van der Waals surface area contributed by atoms with Crippen LogP contribution in [0.2, 0.25) is 0 Å². The van der Waals surface area contributed by atoms with Gasteiger partial charge in [-0.2, -0.15) is 5.26 Å². The predicted molar refractivity (Wildman–Crippen MR) is 56.2 cm³/mol. The first-order chi connectivity index (χ1) is 7.76. The van der Waals surface area contributed by atoms with E-state index in [1.807, 2.05) is 12.1 Å². The van der Waals surface area contributed by atoms with Gasteiger partial charge in [0, 0.05) is 0 Å². The minimum atomic E-state index is -0.711. The summed E-state index contributed by atoms with van der Waals surface area (Å²) in [6.07, 6.45) is -1.23. The number of benzene rings is 1. The van der Waals surface area contributed by atoms with Crippen molar-refractivity contribution in [2.75, 3.05) is 18.6 Å². The molecule has 1 aliphatic heterocycles. The number of methoxy groups -OCH3 is 1. The summed E-state index contributed by atoms with van der Waals surface area (Å²) in [4.78, 5) is 12.9. The summed E-state index contributed by atoms with van der Waals surface area (Å²) in [6, 6.07) is 9.02. The largest absolute Gasteiger partial charge is 0.495 e. The molecule has 1 amide bonds. The Balaban J connectivity index is 2.31. The van der Waals surface area contributed by atoms with E-state index < -0.39 is 12.2 Å². The van der Waals surface area contributed by atoms with Gasteiger partial charge in [0.1, 0.15) is 11.8 Å². The van der Waals surface area contributed by atoms with E-state index in [-0.39, 0.29) is 6.54 Å². The minimum absolute atomic E-state index is 0.232. The monoisotopic (exact) mass is 218 g/mol. The van der Waals surface area contributed by atoms with Crippen LogP contribution in [0, 0.1) is 11.3 Å². The van der Waals surface area contributed by atoms with Crippen molar-refractivity contribution in [2.45, 2.75) is 6.10 Å². The Hall–Kier alpha value is -2.22. The number of carbonyl (C=O) groups excluding carboxylic acids is 1. The second kappa shape index (κ2) is 4.11. The molecule has 1 unspecified atom stereocenters. The van der Waals surface area contributed by atoms with Crippen LogP contribution in [0.4, 0.5) is 10.5 Å². The van der Waals surface area contributed by atoms with Crippen LogP contribution < -0.4 is 9.64 Å². The molecule has 5 nitrogen and oxygen atoms in total. The Morgan fingerprint density at radius 1 is 1.56 bits per heavy atom. The van der Waals surface area contributed by atoms with Crippen LogP contribution in [0.25, 0.3) is 0 Å². The van der Waals surface area contributed by atoms with Crippen LogP contribution in [0.15, 0.2) is 24.3 Å². The lowest BCUT2D eigenvalue weighted by Gasteiger charge is -2.15. The van der Waals surface area contributed by atoms with Crippen molar-refractivity contribution in [3.05, 3.63) is 24.3 Å². The SMILES string of the molecule is COc1ccccc1N1CC(C#N)OC1=O. The zero-order valence-corrected chi connectivity index (χ0v) is 8.71. The van der Waals surface area contributed by atoms with Gasteiger partial charge in [0.15, 0.2) is 0 Å². The van der Waals surface area contributed by atoms with E-state index in [1.165, 1.54) is 12.0 Å². The fourth-order valence-electron chi connectivity index (χ4n) is 1.58. The van der Waals surface area contributed by atoms with E-state index in [0.29, 0.717) is 11.4 Å². The Labute approximate surface area is 92.8 Å². The van der Waals surface area contributed by atoms with Gasteiger partial charge in [0.2, 0.25) is 6.10 Å². The molecular formula is C11H10N2O3. The number of cyclic esters (lactones) is 1. The standard InChI is InChI=1S/C11H10N2O3/c1-15-10-5-3-2-4-9(10)13-7-8(6-12)16-11(13)14/h2-5,8H,7H2,1H3. The van der Waals surface area contributed by atoms with Gasteiger partial charge in [0.25, 0.3) is 0 Å². The highest BCUT2D eigenvalue weighted by Crippen LogP contribution is 2.30. The summed E-state index contributed by atoms with van der Waals surface area (Å²) < 4.78 is 9.99. The summed E-state index contributed by atoms with van der Waals surface area (Å²) in [5.74, 6) is 0.582. The lowest BCUT2D eigenvalue weighted by molar-refractivity contribution is 0.162. The molecule has 82 valence electrons. The van der Waals surface area contributed by atoms with Crippen molar-refractivity contribution in [1.82, 2.24) is 0 Å². The first-order valence-electron chi connectivity index (χ1n) is 4.77. The molecule has 2 rings (SSSR count). The van der Waals surface area contributed by atoms with Crippen LogP contribution in [0.3, 0.4) is 0 Å². The molecule has 0 radical (unpaired) electrons. The molecule has 1 saturated heterocycles. The third-order valence-corrected chi connectivity index (χ3v) is 2.33. The fraction of sp³-hybridized carbons (Fsp3) is 0.273. The molecule has 1 fully saturated rings.